The van der Waals surface area contributed by atoms with E-state index >= 15 is 0 Å². The van der Waals surface area contributed by atoms with Crippen LogP contribution in [-0.2, 0) is 23.4 Å². The molecule has 5 N–H and O–H groups in total. The summed E-state index contributed by atoms with van der Waals surface area (Å²) >= 11 is 0. The smallest absolute Gasteiger partial charge is 0.459 e. The standard InChI is InChI=1S/C24H33N6O9P/c1-13(2)37-21(32)14(3)29-40(34,39-15-9-7-6-8-10-15)36-11-16-18(31)24(4,33)22(38-16)30-12-26-17-19(30)27-23(25)28-20(17)35-5/h6-10,12-14,16,18,22,31,33H,11H2,1-5H3,(H,29,34)(H2,25,27,28)/t14-,16+,18+,22+,24+,40?/m0/s1. The maximum absolute atomic E-state index is 13.8. The number of methoxy groups -OCH3 is 1. The topological polar surface area (TPSA) is 202 Å². The number of rotatable bonds is 11. The average molecular weight is 581 g/mol. The monoisotopic (exact) mass is 580 g/mol. The fourth-order valence-electron chi connectivity index (χ4n) is 4.10. The highest BCUT2D eigenvalue weighted by Crippen LogP contribution is 2.47. The second kappa shape index (κ2) is 11.6. The zero-order chi connectivity index (χ0) is 29.2. The Balaban J connectivity index is 1.56. The fourth-order valence-corrected chi connectivity index (χ4v) is 5.61. The van der Waals surface area contributed by atoms with Gasteiger partial charge < -0.3 is 34.7 Å². The number of nitrogens with two attached hydrogens (primary N) is 1. The molecule has 6 atom stereocenters. The molecule has 16 heteroatoms. The van der Waals surface area contributed by atoms with Gasteiger partial charge in [0.25, 0.3) is 0 Å². The van der Waals surface area contributed by atoms with E-state index in [0.717, 1.165) is 0 Å². The Morgan fingerprint density at radius 3 is 2.62 bits per heavy atom. The van der Waals surface area contributed by atoms with Gasteiger partial charge in [0, 0.05) is 0 Å². The Labute approximate surface area is 230 Å². The maximum Gasteiger partial charge on any atom is 0.459 e. The summed E-state index contributed by atoms with van der Waals surface area (Å²) in [4.78, 5) is 24.8. The second-order valence-corrected chi connectivity index (χ2v) is 11.3. The number of imidazole rings is 1. The van der Waals surface area contributed by atoms with Crippen molar-refractivity contribution in [1.82, 2.24) is 24.6 Å². The van der Waals surface area contributed by atoms with E-state index in [4.69, 9.17) is 29.0 Å². The summed E-state index contributed by atoms with van der Waals surface area (Å²) in [6.45, 7) is 5.68. The highest BCUT2D eigenvalue weighted by atomic mass is 31.2. The zero-order valence-corrected chi connectivity index (χ0v) is 23.5. The molecule has 15 nitrogen and oxygen atoms in total. The summed E-state index contributed by atoms with van der Waals surface area (Å²) in [5.74, 6) is -0.440. The average Bonchev–Trinajstić information content (AvgIpc) is 3.40. The minimum Gasteiger partial charge on any atom is -0.479 e. The van der Waals surface area contributed by atoms with Crippen molar-refractivity contribution in [3.05, 3.63) is 36.7 Å². The summed E-state index contributed by atoms with van der Waals surface area (Å²) in [5.41, 5.74) is 4.38. The van der Waals surface area contributed by atoms with E-state index in [2.05, 4.69) is 20.0 Å². The number of carbonyl (C=O) groups is 1. The number of hydrogen-bond acceptors (Lipinski definition) is 13. The van der Waals surface area contributed by atoms with Gasteiger partial charge in [-0.3, -0.25) is 13.9 Å². The molecular weight excluding hydrogens is 547 g/mol. The van der Waals surface area contributed by atoms with E-state index in [-0.39, 0.29) is 28.7 Å². The third-order valence-corrected chi connectivity index (χ3v) is 7.69. The molecule has 4 rings (SSSR count). The Morgan fingerprint density at radius 2 is 1.98 bits per heavy atom. The van der Waals surface area contributed by atoms with Crippen LogP contribution in [0.25, 0.3) is 11.2 Å². The van der Waals surface area contributed by atoms with E-state index in [1.54, 1.807) is 44.2 Å². The normalized spacial score (nSPS) is 25.1. The minimum absolute atomic E-state index is 0.0978. The third-order valence-electron chi connectivity index (χ3n) is 6.04. The predicted molar refractivity (Wildman–Crippen MR) is 141 cm³/mol. The summed E-state index contributed by atoms with van der Waals surface area (Å²) in [7, 11) is -2.85. The maximum atomic E-state index is 13.8. The van der Waals surface area contributed by atoms with Crippen LogP contribution in [0.4, 0.5) is 5.95 Å². The molecule has 218 valence electrons. The summed E-state index contributed by atoms with van der Waals surface area (Å²) < 4.78 is 42.8. The molecule has 1 aliphatic rings. The third kappa shape index (κ3) is 6.19. The number of esters is 1. The molecule has 0 amide bonds. The number of fused-ring (bicyclic) bond motifs is 1. The van der Waals surface area contributed by atoms with E-state index in [1.165, 1.54) is 31.9 Å². The van der Waals surface area contributed by atoms with E-state index < -0.39 is 56.5 Å². The number of benzene rings is 1. The number of aliphatic hydroxyl groups is 2. The van der Waals surface area contributed by atoms with Gasteiger partial charge in [0.05, 0.1) is 26.1 Å². The molecular formula is C24H33N6O9P. The van der Waals surface area contributed by atoms with Crippen LogP contribution >= 0.6 is 7.75 Å². The Bertz CT molecular complexity index is 1390. The molecule has 0 saturated carbocycles. The molecule has 2 aromatic heterocycles. The van der Waals surface area contributed by atoms with Crippen molar-refractivity contribution >= 4 is 30.8 Å². The van der Waals surface area contributed by atoms with Gasteiger partial charge >= 0.3 is 13.7 Å². The molecule has 0 spiro atoms. The Hall–Kier alpha value is -3.33. The number of nitrogens with zero attached hydrogens (tertiary/aromatic N) is 4. The lowest BCUT2D eigenvalue weighted by Crippen LogP contribution is -2.44. The van der Waals surface area contributed by atoms with E-state index in [0.29, 0.717) is 0 Å². The van der Waals surface area contributed by atoms with Gasteiger partial charge in [-0.05, 0) is 39.8 Å². The molecule has 0 bridgehead atoms. The van der Waals surface area contributed by atoms with E-state index in [1.807, 2.05) is 0 Å². The van der Waals surface area contributed by atoms with Crippen molar-refractivity contribution in [3.8, 4) is 11.6 Å². The van der Waals surface area contributed by atoms with Crippen molar-refractivity contribution in [3.63, 3.8) is 0 Å². The van der Waals surface area contributed by atoms with Gasteiger partial charge in [0.2, 0.25) is 11.8 Å². The van der Waals surface area contributed by atoms with Crippen LogP contribution < -0.4 is 20.1 Å². The SMILES string of the molecule is COc1nc(N)nc2c1ncn2[C@@H]1O[C@H](COP(=O)(N[C@@H](C)C(=O)OC(C)C)Oc2ccccc2)[C@@H](O)[C@@]1(C)O. The van der Waals surface area contributed by atoms with Crippen LogP contribution in [0.1, 0.15) is 33.9 Å². The molecule has 40 heavy (non-hydrogen) atoms. The lowest BCUT2D eigenvalue weighted by molar-refractivity contribution is -0.149. The van der Waals surface area contributed by atoms with Crippen molar-refractivity contribution in [2.45, 2.75) is 63.9 Å². The molecule has 1 saturated heterocycles. The molecule has 0 aliphatic carbocycles. The fraction of sp³-hybridized carbons (Fsp3) is 0.500. The van der Waals surface area contributed by atoms with Gasteiger partial charge in [-0.15, -0.1) is 0 Å². The van der Waals surface area contributed by atoms with Crippen molar-refractivity contribution in [2.24, 2.45) is 0 Å². The zero-order valence-electron chi connectivity index (χ0n) is 22.6. The highest BCUT2D eigenvalue weighted by molar-refractivity contribution is 7.52. The van der Waals surface area contributed by atoms with Gasteiger partial charge in [-0.2, -0.15) is 15.1 Å². The second-order valence-electron chi connectivity index (χ2n) is 9.65. The largest absolute Gasteiger partial charge is 0.479 e. The predicted octanol–water partition coefficient (Wildman–Crippen LogP) is 1.56. The number of para-hydroxylation sites is 1. The summed E-state index contributed by atoms with van der Waals surface area (Å²) in [5, 5.41) is 24.8. The Morgan fingerprint density at radius 1 is 1.27 bits per heavy atom. The number of ether oxygens (including phenoxy) is 3. The number of hydrogen-bond donors (Lipinski definition) is 4. The van der Waals surface area contributed by atoms with Crippen LogP contribution in [0.2, 0.25) is 0 Å². The first kappa shape index (κ1) is 29.6. The molecule has 1 aromatic carbocycles. The number of carbonyl (C=O) groups excluding carboxylic acids is 1. The van der Waals surface area contributed by atoms with Gasteiger partial charge in [0.1, 0.15) is 29.6 Å². The summed E-state index contributed by atoms with van der Waals surface area (Å²) in [6, 6.07) is 7.13. The van der Waals surface area contributed by atoms with Gasteiger partial charge in [0.15, 0.2) is 17.4 Å². The van der Waals surface area contributed by atoms with Crippen molar-refractivity contribution in [2.75, 3.05) is 19.5 Å². The van der Waals surface area contributed by atoms with Crippen LogP contribution in [0, 0.1) is 0 Å². The minimum atomic E-state index is -4.25. The van der Waals surface area contributed by atoms with Crippen LogP contribution in [0.5, 0.6) is 11.6 Å². The summed E-state index contributed by atoms with van der Waals surface area (Å²) in [6.07, 6.45) is -2.96. The number of anilines is 1. The molecule has 1 unspecified atom stereocenters. The first-order valence-electron chi connectivity index (χ1n) is 12.4. The lowest BCUT2D eigenvalue weighted by Gasteiger charge is -2.27. The number of nitrogens with one attached hydrogen (secondary N) is 1. The molecule has 3 heterocycles. The first-order chi connectivity index (χ1) is 18.8. The molecule has 0 radical (unpaired) electrons. The lowest BCUT2D eigenvalue weighted by atomic mass is 9.96. The van der Waals surface area contributed by atoms with Gasteiger partial charge in [-0.1, -0.05) is 18.2 Å². The van der Waals surface area contributed by atoms with Crippen LogP contribution in [-0.4, -0.2) is 79.4 Å². The van der Waals surface area contributed by atoms with E-state index in [9.17, 15) is 19.6 Å². The quantitative estimate of drug-likeness (QED) is 0.188. The van der Waals surface area contributed by atoms with Crippen LogP contribution in [0.15, 0.2) is 36.7 Å². The van der Waals surface area contributed by atoms with Crippen LogP contribution in [0.3, 0.4) is 0 Å². The number of aromatic nitrogens is 4. The number of nitrogen functional groups attached to an aromatic ring is 1. The van der Waals surface area contributed by atoms with Crippen molar-refractivity contribution < 1.29 is 42.8 Å². The first-order valence-corrected chi connectivity index (χ1v) is 14.0. The number of aliphatic hydroxyl groups excluding tert-OH is 1. The molecule has 1 fully saturated rings. The molecule has 3 aromatic rings. The van der Waals surface area contributed by atoms with Crippen molar-refractivity contribution in [1.29, 1.82) is 0 Å². The highest BCUT2D eigenvalue weighted by Gasteiger charge is 2.54. The molecule has 1 aliphatic heterocycles. The van der Waals surface area contributed by atoms with Gasteiger partial charge in [-0.25, -0.2) is 9.55 Å². The Kier molecular flexibility index (Phi) is 8.63.